The van der Waals surface area contributed by atoms with Gasteiger partial charge in [0.15, 0.2) is 12.2 Å². The Morgan fingerprint density at radius 2 is 1.93 bits per heavy atom. The summed E-state index contributed by atoms with van der Waals surface area (Å²) in [5.74, 6) is 2.88. The van der Waals surface area contributed by atoms with Gasteiger partial charge in [0.1, 0.15) is 24.0 Å². The molecule has 6 rings (SSSR count). The van der Waals surface area contributed by atoms with Crippen LogP contribution >= 0.6 is 0 Å². The number of aromatic nitrogens is 2. The van der Waals surface area contributed by atoms with Crippen LogP contribution in [-0.2, 0) is 19.6 Å². The Kier molecular flexibility index (Phi) is 9.58. The lowest BCUT2D eigenvalue weighted by molar-refractivity contribution is 0.0841. The summed E-state index contributed by atoms with van der Waals surface area (Å²) < 4.78 is 11.1. The van der Waals surface area contributed by atoms with Gasteiger partial charge < -0.3 is 29.8 Å². The Morgan fingerprint density at radius 1 is 1.11 bits per heavy atom. The molecule has 11 nitrogen and oxygen atoms in total. The van der Waals surface area contributed by atoms with Gasteiger partial charge in [-0.3, -0.25) is 14.6 Å². The largest absolute Gasteiger partial charge is 0.486 e. The number of ether oxygens (including phenoxy) is 1. The van der Waals surface area contributed by atoms with Crippen molar-refractivity contribution in [1.29, 1.82) is 0 Å². The van der Waals surface area contributed by atoms with Crippen molar-refractivity contribution in [2.75, 3.05) is 56.0 Å². The van der Waals surface area contributed by atoms with E-state index >= 15 is 0 Å². The molecule has 11 heteroatoms. The molecule has 0 radical (unpaired) electrons. The molecule has 3 aliphatic rings. The van der Waals surface area contributed by atoms with Crippen LogP contribution in [0.1, 0.15) is 67.3 Å². The molecule has 1 amide bonds. The number of nitrogens with zero attached hydrogens (tertiary/aromatic N) is 5. The molecule has 3 N–H and O–H groups in total. The van der Waals surface area contributed by atoms with E-state index in [9.17, 15) is 9.90 Å². The molecule has 2 aromatic heterocycles. The summed E-state index contributed by atoms with van der Waals surface area (Å²) in [6.45, 7) is 13.0. The van der Waals surface area contributed by atoms with Gasteiger partial charge in [-0.05, 0) is 81.8 Å². The molecular formula is C34H47N7O4. The van der Waals surface area contributed by atoms with Crippen LogP contribution in [0, 0.1) is 0 Å². The van der Waals surface area contributed by atoms with Crippen LogP contribution in [-0.4, -0.2) is 94.3 Å². The van der Waals surface area contributed by atoms with Gasteiger partial charge in [-0.25, -0.2) is 9.97 Å². The number of piperazine rings is 1. The van der Waals surface area contributed by atoms with Gasteiger partial charge in [-0.15, -0.1) is 0 Å². The fourth-order valence-electron chi connectivity index (χ4n) is 6.23. The number of aliphatic hydroxyl groups excluding tert-OH is 1. The minimum atomic E-state index is -0.681. The van der Waals surface area contributed by atoms with Crippen LogP contribution in [0.5, 0.6) is 5.75 Å². The SMILES string of the molecule is CC(C)(C)N1CCN(c2cc(C(=O)NC[C@H](O)CN3CCc4cc(OCc5cnco5)ccc4C3)cc(NC3CCC3)n2)CC1. The molecule has 0 spiro atoms. The third kappa shape index (κ3) is 8.14. The van der Waals surface area contributed by atoms with Crippen LogP contribution in [0.4, 0.5) is 11.6 Å². The maximum absolute atomic E-state index is 13.4. The normalized spacial score (nSPS) is 18.6. The average molecular weight is 618 g/mol. The number of pyridine rings is 1. The molecule has 0 unspecified atom stereocenters. The number of oxazole rings is 1. The van der Waals surface area contributed by atoms with Crippen LogP contribution in [0.3, 0.4) is 0 Å². The number of β-amino-alcohol motifs (C(OH)–C–C–N with tert-alkyl or cyclic N) is 1. The first-order valence-electron chi connectivity index (χ1n) is 16.3. The van der Waals surface area contributed by atoms with Gasteiger partial charge in [0.2, 0.25) is 0 Å². The number of anilines is 2. The number of aliphatic hydroxyl groups is 1. The number of nitrogens with one attached hydrogen (secondary N) is 2. The van der Waals surface area contributed by atoms with Crippen molar-refractivity contribution in [2.45, 2.75) is 77.3 Å². The highest BCUT2D eigenvalue weighted by Gasteiger charge is 2.28. The smallest absolute Gasteiger partial charge is 0.251 e. The Morgan fingerprint density at radius 3 is 2.64 bits per heavy atom. The molecule has 4 heterocycles. The molecule has 2 aliphatic heterocycles. The van der Waals surface area contributed by atoms with E-state index in [2.05, 4.69) is 63.2 Å². The molecule has 242 valence electrons. The lowest BCUT2D eigenvalue weighted by Gasteiger charge is -2.42. The highest BCUT2D eigenvalue weighted by Crippen LogP contribution is 2.27. The van der Waals surface area contributed by atoms with Gasteiger partial charge in [0.05, 0.1) is 12.3 Å². The number of benzene rings is 1. The molecule has 1 saturated carbocycles. The number of amides is 1. The first kappa shape index (κ1) is 31.3. The van der Waals surface area contributed by atoms with Crippen molar-refractivity contribution in [3.05, 3.63) is 65.4 Å². The fraction of sp³-hybridized carbons (Fsp3) is 0.559. The van der Waals surface area contributed by atoms with Gasteiger partial charge in [-0.2, -0.15) is 0 Å². The van der Waals surface area contributed by atoms with Crippen LogP contribution in [0.15, 0.2) is 47.3 Å². The number of carbonyl (C=O) groups excluding carboxylic acids is 1. The predicted octanol–water partition coefficient (Wildman–Crippen LogP) is 3.68. The van der Waals surface area contributed by atoms with Crippen molar-refractivity contribution in [1.82, 2.24) is 25.1 Å². The second-order valence-electron chi connectivity index (χ2n) is 13.6. The zero-order valence-corrected chi connectivity index (χ0v) is 26.8. The second kappa shape index (κ2) is 13.8. The van der Waals surface area contributed by atoms with Gasteiger partial charge in [0.25, 0.3) is 5.91 Å². The Balaban J connectivity index is 1.02. The van der Waals surface area contributed by atoms with Crippen molar-refractivity contribution >= 4 is 17.5 Å². The molecule has 45 heavy (non-hydrogen) atoms. The van der Waals surface area contributed by atoms with E-state index < -0.39 is 6.10 Å². The third-order valence-corrected chi connectivity index (χ3v) is 9.18. The Hall–Kier alpha value is -3.67. The van der Waals surface area contributed by atoms with Gasteiger partial charge in [0, 0.05) is 69.5 Å². The number of rotatable bonds is 11. The topological polar surface area (TPSA) is 119 Å². The van der Waals surface area contributed by atoms with Crippen molar-refractivity contribution in [3.8, 4) is 5.75 Å². The summed E-state index contributed by atoms with van der Waals surface area (Å²) in [6.07, 6.45) is 6.72. The monoisotopic (exact) mass is 617 g/mol. The van der Waals surface area contributed by atoms with Crippen molar-refractivity contribution in [2.24, 2.45) is 0 Å². The van der Waals surface area contributed by atoms with Crippen molar-refractivity contribution in [3.63, 3.8) is 0 Å². The lowest BCUT2D eigenvalue weighted by atomic mass is 9.93. The molecule has 0 bridgehead atoms. The molecule has 1 aliphatic carbocycles. The highest BCUT2D eigenvalue weighted by molar-refractivity contribution is 5.95. The highest BCUT2D eigenvalue weighted by atomic mass is 16.5. The quantitative estimate of drug-likeness (QED) is 0.294. The predicted molar refractivity (Wildman–Crippen MR) is 174 cm³/mol. The maximum atomic E-state index is 13.4. The molecule has 1 aromatic carbocycles. The maximum Gasteiger partial charge on any atom is 0.251 e. The number of fused-ring (bicyclic) bond motifs is 1. The van der Waals surface area contributed by atoms with Crippen LogP contribution in [0.25, 0.3) is 0 Å². The summed E-state index contributed by atoms with van der Waals surface area (Å²) in [5.41, 5.74) is 3.18. The molecule has 1 saturated heterocycles. The molecule has 3 aromatic rings. The number of hydrogen-bond donors (Lipinski definition) is 3. The van der Waals surface area contributed by atoms with E-state index in [-0.39, 0.29) is 18.0 Å². The first-order valence-corrected chi connectivity index (χ1v) is 16.3. The minimum Gasteiger partial charge on any atom is -0.486 e. The van der Waals surface area contributed by atoms with Crippen LogP contribution < -0.4 is 20.3 Å². The minimum absolute atomic E-state index is 0.133. The van der Waals surface area contributed by atoms with E-state index in [1.165, 1.54) is 23.9 Å². The lowest BCUT2D eigenvalue weighted by Crippen LogP contribution is -2.53. The summed E-state index contributed by atoms with van der Waals surface area (Å²) >= 11 is 0. The van der Waals surface area contributed by atoms with Gasteiger partial charge in [-0.1, -0.05) is 6.07 Å². The van der Waals surface area contributed by atoms with Crippen LogP contribution in [0.2, 0.25) is 0 Å². The van der Waals surface area contributed by atoms with Crippen molar-refractivity contribution < 1.29 is 19.1 Å². The second-order valence-corrected chi connectivity index (χ2v) is 13.6. The van der Waals surface area contributed by atoms with E-state index in [1.54, 1.807) is 6.20 Å². The van der Waals surface area contributed by atoms with E-state index in [0.29, 0.717) is 30.5 Å². The zero-order chi connectivity index (χ0) is 31.4. The summed E-state index contributed by atoms with van der Waals surface area (Å²) in [7, 11) is 0. The Bertz CT molecular complexity index is 1430. The summed E-state index contributed by atoms with van der Waals surface area (Å²) in [6, 6.07) is 10.3. The average Bonchev–Trinajstić information content (AvgIpc) is 3.54. The third-order valence-electron chi connectivity index (χ3n) is 9.18. The molecule has 1 atom stereocenters. The first-order chi connectivity index (χ1) is 21.7. The summed E-state index contributed by atoms with van der Waals surface area (Å²) in [5, 5.41) is 17.4. The van der Waals surface area contributed by atoms with Gasteiger partial charge >= 0.3 is 0 Å². The zero-order valence-electron chi connectivity index (χ0n) is 26.8. The van der Waals surface area contributed by atoms with E-state index in [4.69, 9.17) is 14.1 Å². The number of carbonyl (C=O) groups is 1. The van der Waals surface area contributed by atoms with E-state index in [1.807, 2.05) is 18.2 Å². The standard InChI is InChI=1S/C34H47N7O4/c1-34(2,3)41-13-11-40(12-14-41)32-17-26(16-31(38-32)37-27-5-4-6-27)33(43)36-18-28(42)21-39-10-9-24-15-29(8-7-25(24)20-39)44-22-30-19-35-23-45-30/h7-8,15-17,19,23,27-28,42H,4-6,9-14,18,20-22H2,1-3H3,(H,36,43)(H,37,38)/t28-/m0/s1. The Labute approximate surface area is 266 Å². The fourth-order valence-corrected chi connectivity index (χ4v) is 6.23. The number of hydrogen-bond acceptors (Lipinski definition) is 10. The molecular weight excluding hydrogens is 570 g/mol. The summed E-state index contributed by atoms with van der Waals surface area (Å²) in [4.78, 5) is 29.2. The molecule has 2 fully saturated rings. The van der Waals surface area contributed by atoms with E-state index in [0.717, 1.165) is 75.9 Å².